The summed E-state index contributed by atoms with van der Waals surface area (Å²) in [5, 5.41) is 0. The van der Waals surface area contributed by atoms with E-state index in [1.165, 1.54) is 32.6 Å². The van der Waals surface area contributed by atoms with Gasteiger partial charge in [0.25, 0.3) is 0 Å². The Morgan fingerprint density at radius 2 is 1.38 bits per heavy atom. The van der Waals surface area contributed by atoms with Gasteiger partial charge in [-0.05, 0) is 36.6 Å². The van der Waals surface area contributed by atoms with Crippen LogP contribution in [0, 0.1) is 0 Å². The summed E-state index contributed by atoms with van der Waals surface area (Å²) >= 11 is 0. The van der Waals surface area contributed by atoms with Crippen molar-refractivity contribution in [1.82, 2.24) is 0 Å². The summed E-state index contributed by atoms with van der Waals surface area (Å²) in [6, 6.07) is 15.4. The fraction of sp³-hybridized carbons (Fsp3) is 0.391. The second kappa shape index (κ2) is 10.5. The Hall–Kier alpha value is -2.42. The van der Waals surface area contributed by atoms with E-state index in [2.05, 4.69) is 6.92 Å². The van der Waals surface area contributed by atoms with Gasteiger partial charge in [0.2, 0.25) is 0 Å². The highest BCUT2D eigenvalue weighted by atomic mass is 16.5. The Morgan fingerprint density at radius 3 is 1.96 bits per heavy atom. The van der Waals surface area contributed by atoms with Gasteiger partial charge < -0.3 is 4.74 Å². The van der Waals surface area contributed by atoms with Crippen LogP contribution in [0.15, 0.2) is 48.5 Å². The molecule has 2 rings (SSSR count). The highest BCUT2D eigenvalue weighted by Gasteiger charge is 2.08. The maximum Gasteiger partial charge on any atom is 0.170 e. The van der Waals surface area contributed by atoms with Gasteiger partial charge in [-0.1, -0.05) is 69.0 Å². The predicted molar refractivity (Wildman–Crippen MR) is 106 cm³/mol. The molecule has 0 amide bonds. The van der Waals surface area contributed by atoms with Crippen LogP contribution in [-0.2, 0) is 4.79 Å². The van der Waals surface area contributed by atoms with E-state index in [1.54, 1.807) is 12.1 Å². The van der Waals surface area contributed by atoms with Gasteiger partial charge in [0.15, 0.2) is 5.78 Å². The molecule has 0 aromatic heterocycles. The number of ketones is 2. The van der Waals surface area contributed by atoms with Crippen LogP contribution in [0.4, 0.5) is 0 Å². The summed E-state index contributed by atoms with van der Waals surface area (Å²) in [4.78, 5) is 22.9. The largest absolute Gasteiger partial charge is 0.494 e. The zero-order chi connectivity index (χ0) is 18.8. The summed E-state index contributed by atoms with van der Waals surface area (Å²) in [7, 11) is 0. The quantitative estimate of drug-likeness (QED) is 0.289. The van der Waals surface area contributed by atoms with Gasteiger partial charge in [-0.25, -0.2) is 0 Å². The molecule has 0 saturated heterocycles. The van der Waals surface area contributed by atoms with Gasteiger partial charge >= 0.3 is 0 Å². The van der Waals surface area contributed by atoms with Gasteiger partial charge in [0.05, 0.1) is 13.0 Å². The van der Waals surface area contributed by atoms with Crippen molar-refractivity contribution in [1.29, 1.82) is 0 Å². The Labute approximate surface area is 156 Å². The first-order valence-corrected chi connectivity index (χ1v) is 9.46. The van der Waals surface area contributed by atoms with Gasteiger partial charge in [-0.3, -0.25) is 9.59 Å². The molecule has 3 heteroatoms. The van der Waals surface area contributed by atoms with E-state index in [9.17, 15) is 9.59 Å². The van der Waals surface area contributed by atoms with Crippen molar-refractivity contribution in [2.24, 2.45) is 0 Å². The summed E-state index contributed by atoms with van der Waals surface area (Å²) in [5.74, 6) is 0.643. The van der Waals surface area contributed by atoms with Gasteiger partial charge in [-0.15, -0.1) is 0 Å². The van der Waals surface area contributed by atoms with E-state index in [-0.39, 0.29) is 18.0 Å². The number of hydrogen-bond donors (Lipinski definition) is 0. The van der Waals surface area contributed by atoms with E-state index in [4.69, 9.17) is 4.74 Å². The van der Waals surface area contributed by atoms with Crippen LogP contribution in [-0.4, -0.2) is 18.2 Å². The number of benzene rings is 2. The van der Waals surface area contributed by atoms with Crippen LogP contribution in [0.1, 0.15) is 62.7 Å². The van der Waals surface area contributed by atoms with Crippen LogP contribution in [0.3, 0.4) is 0 Å². The van der Waals surface area contributed by atoms with Crippen molar-refractivity contribution in [3.05, 3.63) is 54.1 Å². The lowest BCUT2D eigenvalue weighted by atomic mass is 10.0. The first-order valence-electron chi connectivity index (χ1n) is 9.46. The molecule has 0 radical (unpaired) electrons. The van der Waals surface area contributed by atoms with Crippen molar-refractivity contribution in [2.75, 3.05) is 6.61 Å². The van der Waals surface area contributed by atoms with Crippen molar-refractivity contribution < 1.29 is 14.3 Å². The number of rotatable bonds is 11. The molecule has 0 heterocycles. The maximum atomic E-state index is 11.9. The monoisotopic (exact) mass is 352 g/mol. The molecule has 0 aliphatic rings. The molecule has 0 aliphatic heterocycles. The molecule has 0 bridgehead atoms. The molecule has 26 heavy (non-hydrogen) atoms. The fourth-order valence-electron chi connectivity index (χ4n) is 2.82. The Kier molecular flexibility index (Phi) is 8.07. The lowest BCUT2D eigenvalue weighted by molar-refractivity contribution is -0.116. The minimum absolute atomic E-state index is 0.0379. The molecule has 0 fully saturated rings. The molecule has 0 atom stereocenters. The third-order valence-corrected chi connectivity index (χ3v) is 4.32. The Morgan fingerprint density at radius 1 is 0.808 bits per heavy atom. The second-order valence-corrected chi connectivity index (χ2v) is 6.67. The normalized spacial score (nSPS) is 10.5. The van der Waals surface area contributed by atoms with E-state index < -0.39 is 0 Å². The Balaban J connectivity index is 1.87. The molecule has 138 valence electrons. The van der Waals surface area contributed by atoms with Crippen LogP contribution >= 0.6 is 0 Å². The number of unbranched alkanes of at least 4 members (excludes halogenated alkanes) is 4. The molecule has 0 unspecified atom stereocenters. The minimum atomic E-state index is -0.133. The summed E-state index contributed by atoms with van der Waals surface area (Å²) in [6.07, 6.45) is 6.12. The third-order valence-electron chi connectivity index (χ3n) is 4.32. The molecule has 0 aliphatic carbocycles. The first-order chi connectivity index (χ1) is 12.6. The highest BCUT2D eigenvalue weighted by molar-refractivity contribution is 6.07. The van der Waals surface area contributed by atoms with Crippen LogP contribution in [0.5, 0.6) is 5.75 Å². The smallest absolute Gasteiger partial charge is 0.170 e. The van der Waals surface area contributed by atoms with Gasteiger partial charge in [0, 0.05) is 5.56 Å². The zero-order valence-corrected chi connectivity index (χ0v) is 15.8. The summed E-state index contributed by atoms with van der Waals surface area (Å²) in [6.45, 7) is 4.41. The fourth-order valence-corrected chi connectivity index (χ4v) is 2.82. The SMILES string of the molecule is CCCCCCCOc1ccc(-c2ccc(C(=O)CC(C)=O)cc2)cc1. The molecule has 2 aromatic rings. The molecular formula is C23H28O3. The summed E-state index contributed by atoms with van der Waals surface area (Å²) in [5.41, 5.74) is 2.69. The zero-order valence-electron chi connectivity index (χ0n) is 15.8. The van der Waals surface area contributed by atoms with E-state index in [0.29, 0.717) is 5.56 Å². The lowest BCUT2D eigenvalue weighted by Gasteiger charge is -2.08. The molecule has 0 spiro atoms. The van der Waals surface area contributed by atoms with Crippen LogP contribution in [0.2, 0.25) is 0 Å². The number of Topliss-reactive ketones (excluding diaryl/α,β-unsaturated/α-hetero) is 2. The second-order valence-electron chi connectivity index (χ2n) is 6.67. The lowest BCUT2D eigenvalue weighted by Crippen LogP contribution is -2.04. The van der Waals surface area contributed by atoms with E-state index >= 15 is 0 Å². The number of carbonyl (C=O) groups excluding carboxylic acids is 2. The standard InChI is InChI=1S/C23H28O3/c1-3-4-5-6-7-16-26-22-14-12-20(13-15-22)19-8-10-21(11-9-19)23(25)17-18(2)24/h8-15H,3-7,16-17H2,1-2H3. The van der Waals surface area contributed by atoms with Gasteiger partial charge in [0.1, 0.15) is 11.5 Å². The number of carbonyl (C=O) groups is 2. The van der Waals surface area contributed by atoms with Gasteiger partial charge in [-0.2, -0.15) is 0 Å². The van der Waals surface area contributed by atoms with Crippen molar-refractivity contribution >= 4 is 11.6 Å². The Bertz CT molecular complexity index is 699. The minimum Gasteiger partial charge on any atom is -0.494 e. The molecule has 2 aromatic carbocycles. The summed E-state index contributed by atoms with van der Waals surface area (Å²) < 4.78 is 5.79. The highest BCUT2D eigenvalue weighted by Crippen LogP contribution is 2.23. The predicted octanol–water partition coefficient (Wildman–Crippen LogP) is 5.86. The topological polar surface area (TPSA) is 43.4 Å². The van der Waals surface area contributed by atoms with Crippen LogP contribution in [0.25, 0.3) is 11.1 Å². The van der Waals surface area contributed by atoms with Crippen molar-refractivity contribution in [3.8, 4) is 16.9 Å². The van der Waals surface area contributed by atoms with Crippen molar-refractivity contribution in [3.63, 3.8) is 0 Å². The van der Waals surface area contributed by atoms with E-state index in [1.807, 2.05) is 36.4 Å². The van der Waals surface area contributed by atoms with E-state index in [0.717, 1.165) is 29.9 Å². The average Bonchev–Trinajstić information content (AvgIpc) is 2.65. The maximum absolute atomic E-state index is 11.9. The van der Waals surface area contributed by atoms with Crippen molar-refractivity contribution in [2.45, 2.75) is 52.4 Å². The number of ether oxygens (including phenoxy) is 1. The molecular weight excluding hydrogens is 324 g/mol. The van der Waals surface area contributed by atoms with Crippen LogP contribution < -0.4 is 4.74 Å². The average molecular weight is 352 g/mol. The molecule has 3 nitrogen and oxygen atoms in total. The third kappa shape index (κ3) is 6.47. The first kappa shape index (κ1) is 19.9. The number of hydrogen-bond acceptors (Lipinski definition) is 3. The molecule has 0 saturated carbocycles. The molecule has 0 N–H and O–H groups in total.